The van der Waals surface area contributed by atoms with Gasteiger partial charge in [-0.15, -0.1) is 10.2 Å². The number of carbonyl (C=O) groups is 2. The highest BCUT2D eigenvalue weighted by Crippen LogP contribution is 2.32. The second-order valence-electron chi connectivity index (χ2n) is 11.1. The lowest BCUT2D eigenvalue weighted by atomic mass is 10.1. The number of carbonyl (C=O) groups excluding carboxylic acids is 2. The Balaban J connectivity index is 1.25. The molecule has 0 bridgehead atoms. The molecule has 234 valence electrons. The van der Waals surface area contributed by atoms with Gasteiger partial charge < -0.3 is 29.5 Å². The van der Waals surface area contributed by atoms with E-state index in [1.165, 1.54) is 0 Å². The fraction of sp³-hybridized carbons (Fsp3) is 0.314. The molecule has 1 atom stereocenters. The highest BCUT2D eigenvalue weighted by Gasteiger charge is 2.28. The van der Waals surface area contributed by atoms with Crippen LogP contribution in [0.4, 0.5) is 16.3 Å². The minimum atomic E-state index is -0.316. The summed E-state index contributed by atoms with van der Waals surface area (Å²) in [7, 11) is 3.23. The van der Waals surface area contributed by atoms with Crippen molar-refractivity contribution in [2.45, 2.75) is 26.3 Å². The molecule has 5 rings (SSSR count). The van der Waals surface area contributed by atoms with Crippen molar-refractivity contribution in [1.82, 2.24) is 20.0 Å². The van der Waals surface area contributed by atoms with Crippen LogP contribution in [0.25, 0.3) is 11.3 Å². The number of nitrogens with one attached hydrogen (secondary N) is 1. The Bertz CT molecular complexity index is 1580. The standard InChI is InChI=1S/C35H40N6O4/c1-25-11-13-28(14-12-25)36-35(43)41(26(2)27-9-6-5-7-10-27)24-34(42)40-20-8-19-39(21-22-40)33-18-17-31(37-38-33)30-16-15-29(44-3)23-32(30)45-4/h5-7,9-18,23,26H,8,19-22,24H2,1-4H3,(H,36,43). The molecule has 3 amide bonds. The van der Waals surface area contributed by atoms with Crippen LogP contribution in [0.3, 0.4) is 0 Å². The number of aromatic nitrogens is 2. The number of nitrogens with zero attached hydrogens (tertiary/aromatic N) is 5. The number of amides is 3. The third-order valence-corrected chi connectivity index (χ3v) is 8.13. The van der Waals surface area contributed by atoms with E-state index in [2.05, 4.69) is 20.4 Å². The van der Waals surface area contributed by atoms with E-state index in [1.54, 1.807) is 19.1 Å². The summed E-state index contributed by atoms with van der Waals surface area (Å²) in [6.07, 6.45) is 0.769. The smallest absolute Gasteiger partial charge is 0.322 e. The van der Waals surface area contributed by atoms with E-state index in [1.807, 2.05) is 104 Å². The summed E-state index contributed by atoms with van der Waals surface area (Å²) in [5.41, 5.74) is 4.27. The lowest BCUT2D eigenvalue weighted by molar-refractivity contribution is -0.131. The molecule has 0 aliphatic carbocycles. The van der Waals surface area contributed by atoms with Gasteiger partial charge in [-0.2, -0.15) is 0 Å². The Labute approximate surface area is 264 Å². The van der Waals surface area contributed by atoms with Crippen LogP contribution < -0.4 is 19.7 Å². The predicted molar refractivity (Wildman–Crippen MR) is 176 cm³/mol. The van der Waals surface area contributed by atoms with Crippen molar-refractivity contribution in [3.8, 4) is 22.8 Å². The molecule has 1 aromatic heterocycles. The van der Waals surface area contributed by atoms with Crippen molar-refractivity contribution >= 4 is 23.4 Å². The van der Waals surface area contributed by atoms with Gasteiger partial charge in [-0.25, -0.2) is 4.79 Å². The molecule has 2 heterocycles. The van der Waals surface area contributed by atoms with Crippen LogP contribution in [0.5, 0.6) is 11.5 Å². The molecule has 10 heteroatoms. The van der Waals surface area contributed by atoms with Gasteiger partial charge in [-0.05, 0) is 62.2 Å². The van der Waals surface area contributed by atoms with Crippen molar-refractivity contribution in [1.29, 1.82) is 0 Å². The van der Waals surface area contributed by atoms with Gasteiger partial charge in [-0.1, -0.05) is 48.0 Å². The summed E-state index contributed by atoms with van der Waals surface area (Å²) in [5.74, 6) is 2.01. The SMILES string of the molecule is COc1ccc(-c2ccc(N3CCCN(C(=O)CN(C(=O)Nc4ccc(C)cc4)C(C)c4ccccc4)CC3)nn2)c(OC)c1. The van der Waals surface area contributed by atoms with Crippen LogP contribution in [0.1, 0.15) is 30.5 Å². The van der Waals surface area contributed by atoms with Gasteiger partial charge in [-0.3, -0.25) is 4.79 Å². The summed E-state index contributed by atoms with van der Waals surface area (Å²) in [5, 5.41) is 12.0. The van der Waals surface area contributed by atoms with Crippen LogP contribution in [0.2, 0.25) is 0 Å². The number of rotatable bonds is 9. The maximum atomic E-state index is 13.7. The number of hydrogen-bond acceptors (Lipinski definition) is 7. The molecular formula is C35H40N6O4. The van der Waals surface area contributed by atoms with E-state index in [0.29, 0.717) is 42.5 Å². The topological polar surface area (TPSA) is 100 Å². The first-order valence-electron chi connectivity index (χ1n) is 15.1. The summed E-state index contributed by atoms with van der Waals surface area (Å²) in [6.45, 7) is 6.37. The third-order valence-electron chi connectivity index (χ3n) is 8.13. The van der Waals surface area contributed by atoms with E-state index in [9.17, 15) is 9.59 Å². The van der Waals surface area contributed by atoms with Crippen LogP contribution in [0, 0.1) is 6.92 Å². The highest BCUT2D eigenvalue weighted by atomic mass is 16.5. The summed E-state index contributed by atoms with van der Waals surface area (Å²) in [6, 6.07) is 26.2. The summed E-state index contributed by atoms with van der Waals surface area (Å²) in [4.78, 5) is 32.8. The van der Waals surface area contributed by atoms with Gasteiger partial charge in [0.1, 0.15) is 18.0 Å². The normalized spacial score (nSPS) is 13.9. The average Bonchev–Trinajstić information content (AvgIpc) is 3.34. The van der Waals surface area contributed by atoms with Crippen molar-refractivity contribution < 1.29 is 19.1 Å². The van der Waals surface area contributed by atoms with Crippen LogP contribution >= 0.6 is 0 Å². The van der Waals surface area contributed by atoms with Crippen molar-refractivity contribution in [2.24, 2.45) is 0 Å². The van der Waals surface area contributed by atoms with Gasteiger partial charge in [0.2, 0.25) is 5.91 Å². The number of ether oxygens (including phenoxy) is 2. The lowest BCUT2D eigenvalue weighted by Gasteiger charge is -2.31. The van der Waals surface area contributed by atoms with E-state index in [0.717, 1.165) is 35.5 Å². The van der Waals surface area contributed by atoms with E-state index >= 15 is 0 Å². The zero-order valence-corrected chi connectivity index (χ0v) is 26.3. The highest BCUT2D eigenvalue weighted by molar-refractivity contribution is 5.92. The second kappa shape index (κ2) is 14.6. The van der Waals surface area contributed by atoms with Gasteiger partial charge in [0.15, 0.2) is 5.82 Å². The molecule has 1 fully saturated rings. The average molecular weight is 609 g/mol. The Morgan fingerprint density at radius 2 is 1.67 bits per heavy atom. The molecule has 1 N–H and O–H groups in total. The lowest BCUT2D eigenvalue weighted by Crippen LogP contribution is -2.46. The zero-order valence-electron chi connectivity index (χ0n) is 26.3. The first kappa shape index (κ1) is 31.3. The second-order valence-corrected chi connectivity index (χ2v) is 11.1. The molecule has 3 aromatic carbocycles. The third kappa shape index (κ3) is 7.70. The Morgan fingerprint density at radius 3 is 2.36 bits per heavy atom. The molecule has 45 heavy (non-hydrogen) atoms. The fourth-order valence-corrected chi connectivity index (χ4v) is 5.42. The maximum absolute atomic E-state index is 13.7. The Hall–Kier alpha value is -5.12. The molecule has 1 aliphatic heterocycles. The number of benzene rings is 3. The first-order chi connectivity index (χ1) is 21.9. The maximum Gasteiger partial charge on any atom is 0.322 e. The van der Waals surface area contributed by atoms with Gasteiger partial charge in [0.25, 0.3) is 0 Å². The van der Waals surface area contributed by atoms with E-state index in [4.69, 9.17) is 9.47 Å². The minimum Gasteiger partial charge on any atom is -0.497 e. The quantitative estimate of drug-likeness (QED) is 0.256. The Kier molecular flexibility index (Phi) is 10.1. The monoisotopic (exact) mass is 608 g/mol. The van der Waals surface area contributed by atoms with Crippen LogP contribution in [-0.4, -0.2) is 78.9 Å². The number of methoxy groups -OCH3 is 2. The predicted octanol–water partition coefficient (Wildman–Crippen LogP) is 5.80. The summed E-state index contributed by atoms with van der Waals surface area (Å²) < 4.78 is 10.8. The fourth-order valence-electron chi connectivity index (χ4n) is 5.42. The first-order valence-corrected chi connectivity index (χ1v) is 15.1. The van der Waals surface area contributed by atoms with Crippen molar-refractivity contribution in [2.75, 3.05) is 57.2 Å². The molecule has 10 nitrogen and oxygen atoms in total. The molecule has 0 spiro atoms. The molecule has 0 saturated carbocycles. The largest absolute Gasteiger partial charge is 0.497 e. The Morgan fingerprint density at radius 1 is 0.889 bits per heavy atom. The number of aryl methyl sites for hydroxylation is 1. The van der Waals surface area contributed by atoms with Gasteiger partial charge in [0.05, 0.1) is 26.0 Å². The van der Waals surface area contributed by atoms with E-state index < -0.39 is 0 Å². The molecular weight excluding hydrogens is 568 g/mol. The molecule has 0 radical (unpaired) electrons. The van der Waals surface area contributed by atoms with Crippen molar-refractivity contribution in [3.63, 3.8) is 0 Å². The van der Waals surface area contributed by atoms with Gasteiger partial charge in [0, 0.05) is 43.5 Å². The molecule has 1 saturated heterocycles. The number of hydrogen-bond donors (Lipinski definition) is 1. The van der Waals surface area contributed by atoms with Gasteiger partial charge >= 0.3 is 6.03 Å². The minimum absolute atomic E-state index is 0.0358. The molecule has 4 aromatic rings. The summed E-state index contributed by atoms with van der Waals surface area (Å²) >= 11 is 0. The molecule has 1 unspecified atom stereocenters. The molecule has 1 aliphatic rings. The number of urea groups is 1. The van der Waals surface area contributed by atoms with Crippen LogP contribution in [-0.2, 0) is 4.79 Å². The van der Waals surface area contributed by atoms with E-state index in [-0.39, 0.29) is 24.5 Å². The number of anilines is 2. The zero-order chi connectivity index (χ0) is 31.8. The van der Waals surface area contributed by atoms with Crippen molar-refractivity contribution in [3.05, 3.63) is 96.1 Å². The van der Waals surface area contributed by atoms with Crippen LogP contribution in [0.15, 0.2) is 84.9 Å².